The van der Waals surface area contributed by atoms with Crippen molar-refractivity contribution in [2.24, 2.45) is 17.6 Å². The van der Waals surface area contributed by atoms with Crippen LogP contribution in [0.2, 0.25) is 0 Å². The number of nitrogens with zero attached hydrogens (tertiary/aromatic N) is 1. The quantitative estimate of drug-likeness (QED) is 0.705. The molecule has 0 aromatic rings. The van der Waals surface area contributed by atoms with E-state index in [1.165, 1.54) is 19.3 Å². The Labute approximate surface area is 97.6 Å². The monoisotopic (exact) mass is 225 g/mol. The number of rotatable bonds is 2. The Morgan fingerprint density at radius 1 is 1.50 bits per heavy atom. The molecule has 0 radical (unpaired) electrons. The first kappa shape index (κ1) is 11.9. The fraction of sp³-hybridized carbons (Fsp3) is 0.917. The van der Waals surface area contributed by atoms with E-state index < -0.39 is 0 Å². The maximum absolute atomic E-state index is 11.4. The predicted molar refractivity (Wildman–Crippen MR) is 63.9 cm³/mol. The number of nitrogens with two attached hydrogens (primary N) is 1. The zero-order valence-electron chi connectivity index (χ0n) is 10.1. The minimum absolute atomic E-state index is 0.167. The van der Waals surface area contributed by atoms with E-state index in [1.54, 1.807) is 0 Å². The summed E-state index contributed by atoms with van der Waals surface area (Å²) < 4.78 is 0. The average molecular weight is 225 g/mol. The van der Waals surface area contributed by atoms with Gasteiger partial charge in [-0.3, -0.25) is 9.69 Å². The van der Waals surface area contributed by atoms with Crippen molar-refractivity contribution in [2.45, 2.75) is 32.2 Å². The van der Waals surface area contributed by atoms with E-state index in [4.69, 9.17) is 5.73 Å². The van der Waals surface area contributed by atoms with E-state index in [9.17, 15) is 4.79 Å². The van der Waals surface area contributed by atoms with Crippen LogP contribution in [0.25, 0.3) is 0 Å². The maximum Gasteiger partial charge on any atom is 0.234 e. The number of amides is 1. The van der Waals surface area contributed by atoms with Crippen LogP contribution in [0, 0.1) is 11.8 Å². The first-order valence-corrected chi connectivity index (χ1v) is 6.41. The second-order valence-electron chi connectivity index (χ2n) is 5.30. The molecule has 0 spiro atoms. The first-order valence-electron chi connectivity index (χ1n) is 6.41. The predicted octanol–water partition coefficient (Wildman–Crippen LogP) is 0.182. The molecule has 92 valence electrons. The van der Waals surface area contributed by atoms with Gasteiger partial charge in [0.1, 0.15) is 0 Å². The van der Waals surface area contributed by atoms with Crippen molar-refractivity contribution in [1.82, 2.24) is 10.2 Å². The number of carbonyl (C=O) groups is 1. The third kappa shape index (κ3) is 2.55. The normalized spacial score (nSPS) is 37.1. The van der Waals surface area contributed by atoms with Gasteiger partial charge in [0.2, 0.25) is 5.91 Å². The lowest BCUT2D eigenvalue weighted by Crippen LogP contribution is -2.55. The van der Waals surface area contributed by atoms with Crippen molar-refractivity contribution in [3.05, 3.63) is 0 Å². The SMILES string of the molecule is CC1CCC(CN)C(N2CCNC(=O)C2)C1. The smallest absolute Gasteiger partial charge is 0.234 e. The van der Waals surface area contributed by atoms with Gasteiger partial charge in [-0.15, -0.1) is 0 Å². The van der Waals surface area contributed by atoms with Crippen LogP contribution in [0.4, 0.5) is 0 Å². The summed E-state index contributed by atoms with van der Waals surface area (Å²) in [5, 5.41) is 2.88. The van der Waals surface area contributed by atoms with Crippen LogP contribution in [0.3, 0.4) is 0 Å². The Bertz CT molecular complexity index is 257. The molecule has 1 aliphatic carbocycles. The van der Waals surface area contributed by atoms with Gasteiger partial charge in [0.25, 0.3) is 0 Å². The summed E-state index contributed by atoms with van der Waals surface area (Å²) in [6.45, 7) is 5.41. The van der Waals surface area contributed by atoms with Crippen molar-refractivity contribution in [2.75, 3.05) is 26.2 Å². The van der Waals surface area contributed by atoms with Crippen molar-refractivity contribution < 1.29 is 4.79 Å². The molecule has 4 heteroatoms. The first-order chi connectivity index (χ1) is 7.70. The number of piperazine rings is 1. The van der Waals surface area contributed by atoms with E-state index >= 15 is 0 Å². The average Bonchev–Trinajstić information content (AvgIpc) is 2.29. The molecule has 1 heterocycles. The molecule has 2 fully saturated rings. The molecular formula is C12H23N3O. The molecule has 0 aromatic carbocycles. The van der Waals surface area contributed by atoms with E-state index in [0.717, 1.165) is 25.6 Å². The maximum atomic E-state index is 11.4. The third-order valence-electron chi connectivity index (χ3n) is 4.06. The highest BCUT2D eigenvalue weighted by atomic mass is 16.2. The molecule has 16 heavy (non-hydrogen) atoms. The fourth-order valence-electron chi connectivity index (χ4n) is 3.08. The number of nitrogens with one attached hydrogen (secondary N) is 1. The van der Waals surface area contributed by atoms with Crippen LogP contribution in [0.1, 0.15) is 26.2 Å². The summed E-state index contributed by atoms with van der Waals surface area (Å²) >= 11 is 0. The standard InChI is InChI=1S/C12H23N3O/c1-9-2-3-10(7-13)11(6-9)15-5-4-14-12(16)8-15/h9-11H,2-8,13H2,1H3,(H,14,16). The van der Waals surface area contributed by atoms with Gasteiger partial charge >= 0.3 is 0 Å². The van der Waals surface area contributed by atoms with Crippen molar-refractivity contribution in [3.8, 4) is 0 Å². The molecule has 1 saturated heterocycles. The summed E-state index contributed by atoms with van der Waals surface area (Å²) in [5.41, 5.74) is 5.85. The molecule has 3 atom stereocenters. The van der Waals surface area contributed by atoms with E-state index in [0.29, 0.717) is 18.5 Å². The van der Waals surface area contributed by atoms with Crippen molar-refractivity contribution >= 4 is 5.91 Å². The van der Waals surface area contributed by atoms with Gasteiger partial charge in [-0.1, -0.05) is 13.3 Å². The van der Waals surface area contributed by atoms with Crippen molar-refractivity contribution in [3.63, 3.8) is 0 Å². The summed E-state index contributed by atoms with van der Waals surface area (Å²) in [6, 6.07) is 0.528. The van der Waals surface area contributed by atoms with Crippen LogP contribution in [-0.2, 0) is 4.79 Å². The van der Waals surface area contributed by atoms with Crippen LogP contribution in [0.5, 0.6) is 0 Å². The van der Waals surface area contributed by atoms with Gasteiger partial charge in [-0.25, -0.2) is 0 Å². The van der Waals surface area contributed by atoms with Crippen LogP contribution in [-0.4, -0.2) is 43.0 Å². The number of hydrogen-bond acceptors (Lipinski definition) is 3. The van der Waals surface area contributed by atoms with Crippen LogP contribution >= 0.6 is 0 Å². The third-order valence-corrected chi connectivity index (χ3v) is 4.06. The van der Waals surface area contributed by atoms with E-state index in [1.807, 2.05) is 0 Å². The fourth-order valence-corrected chi connectivity index (χ4v) is 3.08. The van der Waals surface area contributed by atoms with E-state index in [-0.39, 0.29) is 5.91 Å². The van der Waals surface area contributed by atoms with Gasteiger partial charge in [0.15, 0.2) is 0 Å². The highest BCUT2D eigenvalue weighted by molar-refractivity contribution is 5.78. The molecule has 3 N–H and O–H groups in total. The Morgan fingerprint density at radius 2 is 2.31 bits per heavy atom. The Kier molecular flexibility index (Phi) is 3.82. The molecule has 2 rings (SSSR count). The summed E-state index contributed by atoms with van der Waals surface area (Å²) in [6.07, 6.45) is 3.72. The summed E-state index contributed by atoms with van der Waals surface area (Å²) in [5.74, 6) is 1.53. The summed E-state index contributed by atoms with van der Waals surface area (Å²) in [4.78, 5) is 13.7. The topological polar surface area (TPSA) is 58.4 Å². The lowest BCUT2D eigenvalue weighted by atomic mass is 9.78. The lowest BCUT2D eigenvalue weighted by Gasteiger charge is -2.43. The highest BCUT2D eigenvalue weighted by Gasteiger charge is 2.33. The number of carbonyl (C=O) groups excluding carboxylic acids is 1. The molecule has 2 aliphatic rings. The van der Waals surface area contributed by atoms with Gasteiger partial charge in [-0.2, -0.15) is 0 Å². The zero-order valence-corrected chi connectivity index (χ0v) is 10.1. The van der Waals surface area contributed by atoms with E-state index in [2.05, 4.69) is 17.1 Å². The second-order valence-corrected chi connectivity index (χ2v) is 5.30. The Hall–Kier alpha value is -0.610. The molecular weight excluding hydrogens is 202 g/mol. The largest absolute Gasteiger partial charge is 0.354 e. The van der Waals surface area contributed by atoms with Crippen molar-refractivity contribution in [1.29, 1.82) is 0 Å². The van der Waals surface area contributed by atoms with Gasteiger partial charge in [-0.05, 0) is 31.2 Å². The molecule has 3 unspecified atom stereocenters. The molecule has 4 nitrogen and oxygen atoms in total. The summed E-state index contributed by atoms with van der Waals surface area (Å²) in [7, 11) is 0. The minimum Gasteiger partial charge on any atom is -0.354 e. The lowest BCUT2D eigenvalue weighted by molar-refractivity contribution is -0.125. The minimum atomic E-state index is 0.167. The molecule has 0 aromatic heterocycles. The Balaban J connectivity index is 2.00. The number of hydrogen-bond donors (Lipinski definition) is 2. The Morgan fingerprint density at radius 3 is 3.00 bits per heavy atom. The van der Waals surface area contributed by atoms with Gasteiger partial charge in [0.05, 0.1) is 6.54 Å². The van der Waals surface area contributed by atoms with Gasteiger partial charge < -0.3 is 11.1 Å². The van der Waals surface area contributed by atoms with Crippen LogP contribution in [0.15, 0.2) is 0 Å². The molecule has 1 amide bonds. The highest BCUT2D eigenvalue weighted by Crippen LogP contribution is 2.31. The second kappa shape index (κ2) is 5.15. The van der Waals surface area contributed by atoms with Gasteiger partial charge in [0, 0.05) is 19.1 Å². The molecule has 0 bridgehead atoms. The molecule has 1 saturated carbocycles. The molecule has 1 aliphatic heterocycles. The van der Waals surface area contributed by atoms with Crippen LogP contribution < -0.4 is 11.1 Å². The zero-order chi connectivity index (χ0) is 11.5.